The maximum absolute atomic E-state index is 12.9. The van der Waals surface area contributed by atoms with Crippen molar-refractivity contribution in [2.45, 2.75) is 40.0 Å². The van der Waals surface area contributed by atoms with Crippen LogP contribution in [0.4, 0.5) is 0 Å². The second-order valence-corrected chi connectivity index (χ2v) is 7.39. The first-order valence-electron chi connectivity index (χ1n) is 10.3. The van der Waals surface area contributed by atoms with Gasteiger partial charge in [0, 0.05) is 17.9 Å². The molecule has 3 aromatic rings. The number of amides is 1. The van der Waals surface area contributed by atoms with E-state index in [1.807, 2.05) is 37.3 Å². The molecule has 0 spiro atoms. The highest BCUT2D eigenvalue weighted by Crippen LogP contribution is 2.31. The van der Waals surface area contributed by atoms with E-state index in [0.717, 1.165) is 47.7 Å². The van der Waals surface area contributed by atoms with Gasteiger partial charge in [0.05, 0.1) is 18.4 Å². The summed E-state index contributed by atoms with van der Waals surface area (Å²) in [5.41, 5.74) is 5.94. The average molecular weight is 391 g/mol. The molecule has 0 fully saturated rings. The Balaban J connectivity index is 2.02. The first kappa shape index (κ1) is 20.7. The number of carbonyl (C=O) groups excluding carboxylic acids is 1. The zero-order chi connectivity index (χ0) is 20.8. The Morgan fingerprint density at radius 1 is 1.00 bits per heavy atom. The van der Waals surface area contributed by atoms with Crippen molar-refractivity contribution in [3.63, 3.8) is 0 Å². The van der Waals surface area contributed by atoms with Crippen LogP contribution in [0.25, 0.3) is 16.9 Å². The van der Waals surface area contributed by atoms with E-state index in [1.165, 1.54) is 5.56 Å². The van der Waals surface area contributed by atoms with Gasteiger partial charge < -0.3 is 14.6 Å². The van der Waals surface area contributed by atoms with Gasteiger partial charge in [-0.1, -0.05) is 37.5 Å². The lowest BCUT2D eigenvalue weighted by molar-refractivity contribution is 0.0952. The Morgan fingerprint density at radius 3 is 2.31 bits per heavy atom. The predicted octanol–water partition coefficient (Wildman–Crippen LogP) is 5.69. The molecule has 0 atom stereocenters. The SMILES string of the molecule is CCCCCNC(=O)c1cc(-c2ccc(OC)cc2)n(-c2ccc(C)cc2)c1C. The summed E-state index contributed by atoms with van der Waals surface area (Å²) >= 11 is 0. The number of carbonyl (C=O) groups is 1. The molecule has 2 aromatic carbocycles. The molecule has 3 rings (SSSR count). The number of aromatic nitrogens is 1. The summed E-state index contributed by atoms with van der Waals surface area (Å²) in [6.45, 7) is 6.95. The van der Waals surface area contributed by atoms with Gasteiger partial charge in [0.1, 0.15) is 5.75 Å². The highest BCUT2D eigenvalue weighted by atomic mass is 16.5. The van der Waals surface area contributed by atoms with E-state index in [2.05, 4.69) is 48.0 Å². The summed E-state index contributed by atoms with van der Waals surface area (Å²) < 4.78 is 7.45. The molecule has 1 N–H and O–H groups in total. The molecule has 0 unspecified atom stereocenters. The second-order valence-electron chi connectivity index (χ2n) is 7.39. The van der Waals surface area contributed by atoms with Crippen LogP contribution in [0.2, 0.25) is 0 Å². The minimum absolute atomic E-state index is 0.0146. The maximum Gasteiger partial charge on any atom is 0.253 e. The maximum atomic E-state index is 12.9. The van der Waals surface area contributed by atoms with Gasteiger partial charge in [0.15, 0.2) is 0 Å². The zero-order valence-corrected chi connectivity index (χ0v) is 17.8. The number of nitrogens with zero attached hydrogens (tertiary/aromatic N) is 1. The molecule has 152 valence electrons. The molecule has 0 aliphatic carbocycles. The van der Waals surface area contributed by atoms with Gasteiger partial charge in [-0.15, -0.1) is 0 Å². The van der Waals surface area contributed by atoms with Gasteiger partial charge in [-0.05, 0) is 68.3 Å². The Labute approximate surface area is 173 Å². The number of hydrogen-bond donors (Lipinski definition) is 1. The average Bonchev–Trinajstić information content (AvgIpc) is 3.09. The molecule has 0 saturated heterocycles. The van der Waals surface area contributed by atoms with Crippen LogP contribution >= 0.6 is 0 Å². The lowest BCUT2D eigenvalue weighted by Gasteiger charge is -2.13. The summed E-state index contributed by atoms with van der Waals surface area (Å²) in [4.78, 5) is 12.9. The monoisotopic (exact) mass is 390 g/mol. The summed E-state index contributed by atoms with van der Waals surface area (Å²) in [5, 5.41) is 3.07. The van der Waals surface area contributed by atoms with Crippen LogP contribution < -0.4 is 10.1 Å². The molecule has 0 radical (unpaired) electrons. The van der Waals surface area contributed by atoms with Gasteiger partial charge in [0.25, 0.3) is 5.91 Å². The molecule has 0 bridgehead atoms. The molecule has 0 aliphatic rings. The number of methoxy groups -OCH3 is 1. The van der Waals surface area contributed by atoms with Crippen molar-refractivity contribution in [3.05, 3.63) is 71.4 Å². The molecule has 29 heavy (non-hydrogen) atoms. The van der Waals surface area contributed by atoms with E-state index >= 15 is 0 Å². The van der Waals surface area contributed by atoms with Crippen molar-refractivity contribution in [1.29, 1.82) is 0 Å². The highest BCUT2D eigenvalue weighted by Gasteiger charge is 2.19. The van der Waals surface area contributed by atoms with Crippen LogP contribution in [0.15, 0.2) is 54.6 Å². The van der Waals surface area contributed by atoms with E-state index in [-0.39, 0.29) is 5.91 Å². The standard InChI is InChI=1S/C25H30N2O2/c1-5-6-7-16-26-25(28)23-17-24(20-10-14-22(29-4)15-11-20)27(19(23)3)21-12-8-18(2)9-13-21/h8-15,17H,5-7,16H2,1-4H3,(H,26,28). The van der Waals surface area contributed by atoms with Crippen molar-refractivity contribution >= 4 is 5.91 Å². The van der Waals surface area contributed by atoms with E-state index in [9.17, 15) is 4.79 Å². The summed E-state index contributed by atoms with van der Waals surface area (Å²) in [7, 11) is 1.66. The number of nitrogens with one attached hydrogen (secondary N) is 1. The number of rotatable bonds is 8. The van der Waals surface area contributed by atoms with Crippen LogP contribution in [-0.2, 0) is 0 Å². The molecule has 0 aliphatic heterocycles. The number of ether oxygens (including phenoxy) is 1. The van der Waals surface area contributed by atoms with Crippen LogP contribution in [-0.4, -0.2) is 24.1 Å². The molecule has 4 nitrogen and oxygen atoms in total. The van der Waals surface area contributed by atoms with Gasteiger partial charge in [0.2, 0.25) is 0 Å². The molecule has 4 heteroatoms. The van der Waals surface area contributed by atoms with E-state index in [0.29, 0.717) is 12.1 Å². The second kappa shape index (κ2) is 9.46. The topological polar surface area (TPSA) is 43.3 Å². The fourth-order valence-electron chi connectivity index (χ4n) is 3.51. The Bertz CT molecular complexity index is 954. The van der Waals surface area contributed by atoms with Crippen LogP contribution in [0.5, 0.6) is 5.75 Å². The first-order chi connectivity index (χ1) is 14.0. The number of aryl methyl sites for hydroxylation is 1. The minimum atomic E-state index is -0.0146. The quantitative estimate of drug-likeness (QED) is 0.502. The normalized spacial score (nSPS) is 10.8. The number of hydrogen-bond acceptors (Lipinski definition) is 2. The Hall–Kier alpha value is -3.01. The summed E-state index contributed by atoms with van der Waals surface area (Å²) in [6.07, 6.45) is 3.27. The third-order valence-electron chi connectivity index (χ3n) is 5.24. The number of benzene rings is 2. The van der Waals surface area contributed by atoms with Crippen LogP contribution in [0.1, 0.15) is 47.8 Å². The molecular weight excluding hydrogens is 360 g/mol. The first-order valence-corrected chi connectivity index (χ1v) is 10.3. The van der Waals surface area contributed by atoms with Crippen molar-refractivity contribution < 1.29 is 9.53 Å². The van der Waals surface area contributed by atoms with Gasteiger partial charge in [-0.25, -0.2) is 0 Å². The fraction of sp³-hybridized carbons (Fsp3) is 0.320. The third kappa shape index (κ3) is 4.70. The van der Waals surface area contributed by atoms with E-state index < -0.39 is 0 Å². The molecule has 0 saturated carbocycles. The largest absolute Gasteiger partial charge is 0.497 e. The predicted molar refractivity (Wildman–Crippen MR) is 119 cm³/mol. The van der Waals surface area contributed by atoms with Crippen LogP contribution in [0.3, 0.4) is 0 Å². The third-order valence-corrected chi connectivity index (χ3v) is 5.24. The smallest absolute Gasteiger partial charge is 0.253 e. The lowest BCUT2D eigenvalue weighted by Crippen LogP contribution is -2.24. The Kier molecular flexibility index (Phi) is 6.76. The van der Waals surface area contributed by atoms with Crippen molar-refractivity contribution in [1.82, 2.24) is 9.88 Å². The van der Waals surface area contributed by atoms with Crippen molar-refractivity contribution in [2.24, 2.45) is 0 Å². The molecule has 1 amide bonds. The molecular formula is C25H30N2O2. The van der Waals surface area contributed by atoms with Crippen LogP contribution in [0, 0.1) is 13.8 Å². The fourth-order valence-corrected chi connectivity index (χ4v) is 3.51. The van der Waals surface area contributed by atoms with Gasteiger partial charge in [-0.3, -0.25) is 4.79 Å². The van der Waals surface area contributed by atoms with E-state index in [1.54, 1.807) is 7.11 Å². The zero-order valence-electron chi connectivity index (χ0n) is 17.8. The van der Waals surface area contributed by atoms with Gasteiger partial charge >= 0.3 is 0 Å². The number of unbranched alkanes of at least 4 members (excludes halogenated alkanes) is 2. The summed E-state index contributed by atoms with van der Waals surface area (Å²) in [5.74, 6) is 0.798. The van der Waals surface area contributed by atoms with Crippen molar-refractivity contribution in [3.8, 4) is 22.7 Å². The summed E-state index contributed by atoms with van der Waals surface area (Å²) in [6, 6.07) is 18.3. The van der Waals surface area contributed by atoms with Gasteiger partial charge in [-0.2, -0.15) is 0 Å². The molecule has 1 heterocycles. The lowest BCUT2D eigenvalue weighted by atomic mass is 10.1. The van der Waals surface area contributed by atoms with E-state index in [4.69, 9.17) is 4.74 Å². The minimum Gasteiger partial charge on any atom is -0.497 e. The molecule has 1 aromatic heterocycles. The Morgan fingerprint density at radius 2 is 1.69 bits per heavy atom. The highest BCUT2D eigenvalue weighted by molar-refractivity contribution is 5.97. The van der Waals surface area contributed by atoms with Crippen molar-refractivity contribution in [2.75, 3.05) is 13.7 Å².